The van der Waals surface area contributed by atoms with E-state index >= 15 is 0 Å². The molecular formula is C16H25N3O3. The lowest BCUT2D eigenvalue weighted by molar-refractivity contribution is -0.143. The summed E-state index contributed by atoms with van der Waals surface area (Å²) in [7, 11) is 1.75. The van der Waals surface area contributed by atoms with Crippen LogP contribution in [0.25, 0.3) is 0 Å². The van der Waals surface area contributed by atoms with Gasteiger partial charge in [0.15, 0.2) is 0 Å². The average Bonchev–Trinajstić information content (AvgIpc) is 2.79. The van der Waals surface area contributed by atoms with E-state index in [1.807, 2.05) is 33.8 Å². The molecule has 0 spiro atoms. The summed E-state index contributed by atoms with van der Waals surface area (Å²) in [5, 5.41) is 13.7. The largest absolute Gasteiger partial charge is 0.481 e. The average molecular weight is 307 g/mol. The number of carbonyl (C=O) groups excluding carboxylic acids is 1. The number of carboxylic acid groups (broad SMARTS) is 1. The summed E-state index contributed by atoms with van der Waals surface area (Å²) in [5.74, 6) is -1.26. The molecule has 0 radical (unpaired) electrons. The van der Waals surface area contributed by atoms with Gasteiger partial charge in [-0.25, -0.2) is 0 Å². The third-order valence-electron chi connectivity index (χ3n) is 4.16. The molecule has 1 saturated heterocycles. The van der Waals surface area contributed by atoms with Gasteiger partial charge in [-0.15, -0.1) is 0 Å². The Morgan fingerprint density at radius 3 is 2.45 bits per heavy atom. The van der Waals surface area contributed by atoms with E-state index in [-0.39, 0.29) is 23.8 Å². The van der Waals surface area contributed by atoms with Crippen molar-refractivity contribution in [1.82, 2.24) is 14.7 Å². The van der Waals surface area contributed by atoms with Crippen molar-refractivity contribution in [3.63, 3.8) is 0 Å². The van der Waals surface area contributed by atoms with E-state index < -0.39 is 11.9 Å². The minimum atomic E-state index is -0.829. The van der Waals surface area contributed by atoms with E-state index in [9.17, 15) is 14.7 Å². The Morgan fingerprint density at radius 2 is 1.95 bits per heavy atom. The van der Waals surface area contributed by atoms with Gasteiger partial charge in [0.25, 0.3) is 5.91 Å². The maximum absolute atomic E-state index is 12.7. The zero-order chi connectivity index (χ0) is 16.7. The molecule has 1 aliphatic heterocycles. The van der Waals surface area contributed by atoms with E-state index in [1.54, 1.807) is 16.6 Å². The molecule has 1 aromatic heterocycles. The first-order chi connectivity index (χ1) is 10.1. The first-order valence-corrected chi connectivity index (χ1v) is 7.66. The van der Waals surface area contributed by atoms with Gasteiger partial charge in [0.2, 0.25) is 0 Å². The number of aliphatic carboxylic acids is 1. The fraction of sp³-hybridized carbons (Fsp3) is 0.688. The molecule has 1 fully saturated rings. The van der Waals surface area contributed by atoms with Crippen molar-refractivity contribution >= 4 is 11.9 Å². The van der Waals surface area contributed by atoms with E-state index in [2.05, 4.69) is 5.10 Å². The van der Waals surface area contributed by atoms with Crippen LogP contribution >= 0.6 is 0 Å². The monoisotopic (exact) mass is 307 g/mol. The summed E-state index contributed by atoms with van der Waals surface area (Å²) in [6, 6.07) is 1.82. The van der Waals surface area contributed by atoms with Crippen molar-refractivity contribution in [1.29, 1.82) is 0 Å². The molecule has 22 heavy (non-hydrogen) atoms. The molecule has 0 aromatic carbocycles. The van der Waals surface area contributed by atoms with Crippen LogP contribution in [0.3, 0.4) is 0 Å². The van der Waals surface area contributed by atoms with Crippen molar-refractivity contribution < 1.29 is 14.7 Å². The lowest BCUT2D eigenvalue weighted by Gasteiger charge is -2.34. The first kappa shape index (κ1) is 16.5. The molecule has 2 unspecified atom stereocenters. The van der Waals surface area contributed by atoms with Gasteiger partial charge in [0.1, 0.15) is 5.69 Å². The summed E-state index contributed by atoms with van der Waals surface area (Å²) in [6.45, 7) is 9.00. The number of carboxylic acids is 1. The summed E-state index contributed by atoms with van der Waals surface area (Å²) in [4.78, 5) is 25.6. The summed E-state index contributed by atoms with van der Waals surface area (Å²) < 4.78 is 1.60. The number of nitrogens with zero attached hydrogens (tertiary/aromatic N) is 3. The maximum atomic E-state index is 12.7. The zero-order valence-corrected chi connectivity index (χ0v) is 14.0. The van der Waals surface area contributed by atoms with Crippen LogP contribution in [0.4, 0.5) is 0 Å². The highest BCUT2D eigenvalue weighted by Crippen LogP contribution is 2.25. The van der Waals surface area contributed by atoms with Crippen LogP contribution in [0.5, 0.6) is 0 Å². The molecule has 1 amide bonds. The van der Waals surface area contributed by atoms with Crippen LogP contribution in [0.1, 0.15) is 50.3 Å². The van der Waals surface area contributed by atoms with E-state index in [0.29, 0.717) is 18.7 Å². The minimum Gasteiger partial charge on any atom is -0.481 e. The second-order valence-electron chi connectivity index (χ2n) is 7.37. The Bertz CT molecular complexity index is 586. The summed E-state index contributed by atoms with van der Waals surface area (Å²) >= 11 is 0. The lowest BCUT2D eigenvalue weighted by Crippen LogP contribution is -2.46. The topological polar surface area (TPSA) is 75.4 Å². The third-order valence-corrected chi connectivity index (χ3v) is 4.16. The molecule has 0 bridgehead atoms. The van der Waals surface area contributed by atoms with Crippen LogP contribution in [-0.4, -0.2) is 44.8 Å². The number of aromatic nitrogens is 2. The van der Waals surface area contributed by atoms with Crippen LogP contribution in [-0.2, 0) is 17.3 Å². The van der Waals surface area contributed by atoms with Crippen molar-refractivity contribution in [3.8, 4) is 0 Å². The highest BCUT2D eigenvalue weighted by molar-refractivity contribution is 5.93. The zero-order valence-electron chi connectivity index (χ0n) is 14.0. The van der Waals surface area contributed by atoms with Crippen LogP contribution in [0.2, 0.25) is 0 Å². The van der Waals surface area contributed by atoms with Crippen molar-refractivity contribution in [3.05, 3.63) is 17.5 Å². The molecule has 2 rings (SSSR count). The minimum absolute atomic E-state index is 0.130. The second-order valence-corrected chi connectivity index (χ2v) is 7.37. The molecule has 2 heterocycles. The molecular weight excluding hydrogens is 282 g/mol. The van der Waals surface area contributed by atoms with Gasteiger partial charge in [-0.05, 0) is 18.4 Å². The number of aryl methyl sites for hydroxylation is 1. The van der Waals surface area contributed by atoms with Crippen molar-refractivity contribution in [2.45, 2.75) is 39.5 Å². The SMILES string of the molecule is CC1CC(C(=O)O)CN(C(=O)c2cc(C(C)(C)C)nn2C)C1. The third kappa shape index (κ3) is 3.31. The van der Waals surface area contributed by atoms with Gasteiger partial charge in [-0.3, -0.25) is 14.3 Å². The smallest absolute Gasteiger partial charge is 0.308 e. The highest BCUT2D eigenvalue weighted by Gasteiger charge is 2.33. The Morgan fingerprint density at radius 1 is 1.32 bits per heavy atom. The van der Waals surface area contributed by atoms with Gasteiger partial charge in [0, 0.05) is 25.6 Å². The van der Waals surface area contributed by atoms with Gasteiger partial charge in [-0.2, -0.15) is 5.10 Å². The predicted molar refractivity (Wildman–Crippen MR) is 82.7 cm³/mol. The van der Waals surface area contributed by atoms with Crippen molar-refractivity contribution in [2.75, 3.05) is 13.1 Å². The van der Waals surface area contributed by atoms with Crippen LogP contribution in [0, 0.1) is 11.8 Å². The second kappa shape index (κ2) is 5.74. The van der Waals surface area contributed by atoms with Crippen LogP contribution < -0.4 is 0 Å². The molecule has 0 saturated carbocycles. The first-order valence-electron chi connectivity index (χ1n) is 7.66. The molecule has 2 atom stereocenters. The molecule has 0 aliphatic carbocycles. The summed E-state index contributed by atoms with van der Waals surface area (Å²) in [6.07, 6.45) is 0.623. The molecule has 1 aliphatic rings. The molecule has 122 valence electrons. The van der Waals surface area contributed by atoms with Gasteiger partial charge >= 0.3 is 5.97 Å². The number of piperidine rings is 1. The quantitative estimate of drug-likeness (QED) is 0.905. The Hall–Kier alpha value is -1.85. The van der Waals surface area contributed by atoms with E-state index in [1.165, 1.54) is 0 Å². The Labute approximate surface area is 131 Å². The normalized spacial score (nSPS) is 22.7. The fourth-order valence-corrected chi connectivity index (χ4v) is 2.89. The number of rotatable bonds is 2. The van der Waals surface area contributed by atoms with E-state index in [4.69, 9.17) is 0 Å². The van der Waals surface area contributed by atoms with Gasteiger partial charge < -0.3 is 10.0 Å². The molecule has 1 aromatic rings. The maximum Gasteiger partial charge on any atom is 0.308 e. The van der Waals surface area contributed by atoms with Crippen molar-refractivity contribution in [2.24, 2.45) is 18.9 Å². The lowest BCUT2D eigenvalue weighted by atomic mass is 9.90. The van der Waals surface area contributed by atoms with Gasteiger partial charge in [0.05, 0.1) is 11.6 Å². The number of carbonyl (C=O) groups is 2. The molecule has 6 nitrogen and oxygen atoms in total. The summed E-state index contributed by atoms with van der Waals surface area (Å²) in [5.41, 5.74) is 1.25. The Balaban J connectivity index is 2.24. The standard InChI is InChI=1S/C16H25N3O3/c1-10-6-11(15(21)22)9-19(8-10)14(20)12-7-13(16(2,3)4)17-18(12)5/h7,10-11H,6,8-9H2,1-5H3,(H,21,22). The number of hydrogen-bond acceptors (Lipinski definition) is 3. The number of likely N-dealkylation sites (tertiary alicyclic amines) is 1. The molecule has 6 heteroatoms. The number of hydrogen-bond donors (Lipinski definition) is 1. The highest BCUT2D eigenvalue weighted by atomic mass is 16.4. The predicted octanol–water partition coefficient (Wildman–Crippen LogP) is 1.90. The fourth-order valence-electron chi connectivity index (χ4n) is 2.89. The van der Waals surface area contributed by atoms with Gasteiger partial charge in [-0.1, -0.05) is 27.7 Å². The number of amides is 1. The molecule has 1 N–H and O–H groups in total. The Kier molecular flexibility index (Phi) is 4.31. The van der Waals surface area contributed by atoms with Crippen LogP contribution in [0.15, 0.2) is 6.07 Å². The van der Waals surface area contributed by atoms with E-state index in [0.717, 1.165) is 5.69 Å².